The molecule has 0 aliphatic heterocycles. The highest BCUT2D eigenvalue weighted by Crippen LogP contribution is 2.39. The highest BCUT2D eigenvalue weighted by atomic mass is 16.4. The Kier molecular flexibility index (Phi) is 17.1. The minimum Gasteiger partial charge on any atom is -0.481 e. The first-order chi connectivity index (χ1) is 24.0. The molecule has 280 valence electrons. The van der Waals surface area contributed by atoms with E-state index in [0.29, 0.717) is 12.3 Å². The second-order valence-corrected chi connectivity index (χ2v) is 14.1. The van der Waals surface area contributed by atoms with Gasteiger partial charge in [0.1, 0.15) is 18.1 Å². The predicted octanol–water partition coefficient (Wildman–Crippen LogP) is 4.77. The molecule has 7 N–H and O–H groups in total. The summed E-state index contributed by atoms with van der Waals surface area (Å²) in [5.41, 5.74) is 2.80. The molecule has 13 nitrogen and oxygen atoms in total. The van der Waals surface area contributed by atoms with Crippen molar-refractivity contribution in [2.24, 2.45) is 17.3 Å². The molecule has 4 amide bonds. The van der Waals surface area contributed by atoms with Crippen LogP contribution >= 0.6 is 0 Å². The van der Waals surface area contributed by atoms with E-state index in [0.717, 1.165) is 42.4 Å². The lowest BCUT2D eigenvalue weighted by Gasteiger charge is -2.36. The van der Waals surface area contributed by atoms with Crippen LogP contribution in [0.3, 0.4) is 0 Å². The van der Waals surface area contributed by atoms with Gasteiger partial charge in [0.15, 0.2) is 0 Å². The smallest absolute Gasteiger partial charge is 0.326 e. The summed E-state index contributed by atoms with van der Waals surface area (Å²) in [6, 6.07) is 0.982. The van der Waals surface area contributed by atoms with Crippen LogP contribution in [0.4, 0.5) is 4.79 Å². The number of allylic oxidation sites excluding steroid dienone is 2. The second kappa shape index (κ2) is 20.7. The number of carboxylic acid groups (broad SMARTS) is 3. The predicted molar refractivity (Wildman–Crippen MR) is 195 cm³/mol. The summed E-state index contributed by atoms with van der Waals surface area (Å²) in [7, 11) is 0. The number of nitrogens with one attached hydrogen (secondary N) is 4. The van der Waals surface area contributed by atoms with E-state index in [1.807, 2.05) is 30.4 Å². The Balaban J connectivity index is 2.04. The average Bonchev–Trinajstić information content (AvgIpc) is 3.07. The van der Waals surface area contributed by atoms with Gasteiger partial charge in [0, 0.05) is 25.3 Å². The summed E-state index contributed by atoms with van der Waals surface area (Å²) in [5.74, 6) is -4.21. The van der Waals surface area contributed by atoms with Crippen molar-refractivity contribution in [1.82, 2.24) is 21.3 Å². The Hall–Kier alpha value is -4.94. The summed E-state index contributed by atoms with van der Waals surface area (Å²) in [6.45, 7) is 14.4. The number of carboxylic acids is 3. The molecule has 0 heterocycles. The molecule has 0 aromatic heterocycles. The zero-order chi connectivity index (χ0) is 38.1. The molecule has 0 saturated heterocycles. The van der Waals surface area contributed by atoms with Gasteiger partial charge in [-0.1, -0.05) is 76.4 Å². The minimum absolute atomic E-state index is 0.0140. The molecule has 1 aliphatic rings. The molecule has 13 heteroatoms. The molecular formula is C38H54N4O9. The molecule has 1 aromatic rings. The van der Waals surface area contributed by atoms with Gasteiger partial charge in [0.2, 0.25) is 11.8 Å². The van der Waals surface area contributed by atoms with E-state index in [2.05, 4.69) is 55.2 Å². The summed E-state index contributed by atoms with van der Waals surface area (Å²) in [6.07, 6.45) is 10.5. The molecule has 0 spiro atoms. The Morgan fingerprint density at radius 3 is 2.02 bits per heavy atom. The number of unbranched alkanes of at least 4 members (excludes halogenated alkanes) is 1. The van der Waals surface area contributed by atoms with Crippen LogP contribution < -0.4 is 21.3 Å². The molecule has 2 rings (SSSR count). The number of benzene rings is 1. The van der Waals surface area contributed by atoms with Crippen LogP contribution in [-0.4, -0.2) is 75.7 Å². The Labute approximate surface area is 300 Å². The molecule has 51 heavy (non-hydrogen) atoms. The van der Waals surface area contributed by atoms with Crippen molar-refractivity contribution in [3.05, 3.63) is 60.2 Å². The highest BCUT2D eigenvalue weighted by molar-refractivity contribution is 5.89. The fourth-order valence-corrected chi connectivity index (χ4v) is 6.16. The first-order valence-corrected chi connectivity index (χ1v) is 17.4. The normalized spacial score (nSPS) is 17.7. The second-order valence-electron chi connectivity index (χ2n) is 14.1. The van der Waals surface area contributed by atoms with Gasteiger partial charge in [0.05, 0.1) is 0 Å². The first-order valence-electron chi connectivity index (χ1n) is 17.4. The van der Waals surface area contributed by atoms with Crippen molar-refractivity contribution in [3.8, 4) is 0 Å². The van der Waals surface area contributed by atoms with E-state index < -0.39 is 48.5 Å². The van der Waals surface area contributed by atoms with Crippen LogP contribution in [0.25, 0.3) is 12.2 Å². The van der Waals surface area contributed by atoms with Gasteiger partial charge in [0.25, 0.3) is 0 Å². The molecule has 3 atom stereocenters. The topological polar surface area (TPSA) is 211 Å². The van der Waals surface area contributed by atoms with E-state index in [1.54, 1.807) is 12.2 Å². The third-order valence-corrected chi connectivity index (χ3v) is 9.25. The highest BCUT2D eigenvalue weighted by Gasteiger charge is 2.34. The summed E-state index contributed by atoms with van der Waals surface area (Å²) < 4.78 is 0. The maximum absolute atomic E-state index is 13.5. The monoisotopic (exact) mass is 710 g/mol. The third-order valence-electron chi connectivity index (χ3n) is 9.25. The summed E-state index contributed by atoms with van der Waals surface area (Å²) in [4.78, 5) is 73.1. The quantitative estimate of drug-likeness (QED) is 0.0733. The standard InChI is InChI=1S/C38H54N4O9/c1-6-8-11-26-14-13-24(22-25(26)7-2)23-31(40-33(45)27-15-17-28(18-16-27)38(3,4)5)34(46)39-21-10-9-12-29(35(47)48)41-37(51)42-30(36(49)50)19-20-32(43)44/h6-8,11,13-14,22,27-31H,1-2,9-10,12,15-21,23H2,3-5H3,(H,39,46)(H,40,45)(H,43,44)(H,47,48)(H,49,50)(H2,41,42,51)/b11-8-/t27?,28?,29?,30-,31+/m0/s1. The Morgan fingerprint density at radius 2 is 1.47 bits per heavy atom. The lowest BCUT2D eigenvalue weighted by molar-refractivity contribution is -0.141. The van der Waals surface area contributed by atoms with Crippen molar-refractivity contribution in [2.45, 2.75) is 103 Å². The van der Waals surface area contributed by atoms with Crippen molar-refractivity contribution in [3.63, 3.8) is 0 Å². The van der Waals surface area contributed by atoms with E-state index in [9.17, 15) is 39.0 Å². The molecule has 1 aliphatic carbocycles. The van der Waals surface area contributed by atoms with Crippen molar-refractivity contribution in [1.29, 1.82) is 0 Å². The van der Waals surface area contributed by atoms with Crippen molar-refractivity contribution < 1.29 is 44.1 Å². The average molecular weight is 711 g/mol. The van der Waals surface area contributed by atoms with Crippen LogP contribution in [0.5, 0.6) is 0 Å². The molecular weight excluding hydrogens is 656 g/mol. The number of rotatable bonds is 20. The summed E-state index contributed by atoms with van der Waals surface area (Å²) in [5, 5.41) is 37.8. The van der Waals surface area contributed by atoms with Gasteiger partial charge in [-0.15, -0.1) is 0 Å². The zero-order valence-electron chi connectivity index (χ0n) is 29.9. The van der Waals surface area contributed by atoms with Gasteiger partial charge < -0.3 is 36.6 Å². The molecule has 1 fully saturated rings. The zero-order valence-corrected chi connectivity index (χ0v) is 29.9. The maximum atomic E-state index is 13.5. The number of carbonyl (C=O) groups is 6. The van der Waals surface area contributed by atoms with Crippen LogP contribution in [0.15, 0.2) is 43.5 Å². The minimum atomic E-state index is -1.51. The van der Waals surface area contributed by atoms with Gasteiger partial charge in [-0.2, -0.15) is 0 Å². The fraction of sp³-hybridized carbons (Fsp3) is 0.526. The van der Waals surface area contributed by atoms with Gasteiger partial charge in [-0.25, -0.2) is 14.4 Å². The van der Waals surface area contributed by atoms with Crippen LogP contribution in [0, 0.1) is 17.3 Å². The van der Waals surface area contributed by atoms with Gasteiger partial charge in [-0.3, -0.25) is 14.4 Å². The number of hydrogen-bond acceptors (Lipinski definition) is 6. The number of urea groups is 1. The Bertz CT molecular complexity index is 1440. The molecule has 0 radical (unpaired) electrons. The molecule has 1 unspecified atom stereocenters. The van der Waals surface area contributed by atoms with E-state index in [-0.39, 0.29) is 55.4 Å². The summed E-state index contributed by atoms with van der Waals surface area (Å²) >= 11 is 0. The van der Waals surface area contributed by atoms with Gasteiger partial charge in [-0.05, 0) is 79.4 Å². The SMILES string of the molecule is C=C/C=C\c1ccc(C[C@@H](NC(=O)C2CCC(C(C)(C)C)CC2)C(=O)NCCCCC(NC(=O)N[C@@H](CCC(=O)O)C(=O)O)C(=O)O)cc1C=C. The fourth-order valence-electron chi connectivity index (χ4n) is 6.16. The third kappa shape index (κ3) is 14.8. The molecule has 1 saturated carbocycles. The largest absolute Gasteiger partial charge is 0.481 e. The number of aliphatic carboxylic acids is 3. The Morgan fingerprint density at radius 1 is 0.843 bits per heavy atom. The number of amides is 4. The van der Waals surface area contributed by atoms with Crippen LogP contribution in [0.2, 0.25) is 0 Å². The number of carbonyl (C=O) groups excluding carboxylic acids is 3. The van der Waals surface area contributed by atoms with E-state index >= 15 is 0 Å². The van der Waals surface area contributed by atoms with Crippen LogP contribution in [0.1, 0.15) is 95.2 Å². The molecule has 1 aromatic carbocycles. The van der Waals surface area contributed by atoms with Crippen LogP contribution in [-0.2, 0) is 30.4 Å². The van der Waals surface area contributed by atoms with E-state index in [1.165, 1.54) is 0 Å². The van der Waals surface area contributed by atoms with E-state index in [4.69, 9.17) is 5.11 Å². The maximum Gasteiger partial charge on any atom is 0.326 e. The van der Waals surface area contributed by atoms with Crippen molar-refractivity contribution >= 4 is 47.9 Å². The first kappa shape index (κ1) is 42.2. The lowest BCUT2D eigenvalue weighted by Crippen LogP contribution is -2.51. The van der Waals surface area contributed by atoms with Gasteiger partial charge >= 0.3 is 23.9 Å². The molecule has 0 bridgehead atoms. The number of hydrogen-bond donors (Lipinski definition) is 7. The van der Waals surface area contributed by atoms with Crippen molar-refractivity contribution in [2.75, 3.05) is 6.54 Å². The lowest BCUT2D eigenvalue weighted by atomic mass is 9.69.